The lowest BCUT2D eigenvalue weighted by atomic mass is 10.0. The van der Waals surface area contributed by atoms with Crippen molar-refractivity contribution >= 4 is 0 Å². The van der Waals surface area contributed by atoms with Crippen molar-refractivity contribution < 1.29 is 18.9 Å². The van der Waals surface area contributed by atoms with Crippen molar-refractivity contribution in [3.63, 3.8) is 0 Å². The molecule has 4 nitrogen and oxygen atoms in total. The van der Waals surface area contributed by atoms with E-state index >= 15 is 0 Å². The van der Waals surface area contributed by atoms with Gasteiger partial charge in [-0.2, -0.15) is 0 Å². The Bertz CT molecular complexity index is 199. The minimum atomic E-state index is -0.0963. The van der Waals surface area contributed by atoms with Gasteiger partial charge in [-0.1, -0.05) is 27.2 Å². The maximum absolute atomic E-state index is 5.84. The van der Waals surface area contributed by atoms with Gasteiger partial charge in [-0.05, 0) is 25.2 Å². The summed E-state index contributed by atoms with van der Waals surface area (Å²) in [5.74, 6) is 1.03. The largest absolute Gasteiger partial charge is 0.384 e. The smallest absolute Gasteiger partial charge is 0.157 e. The van der Waals surface area contributed by atoms with E-state index in [4.69, 9.17) is 18.9 Å². The van der Waals surface area contributed by atoms with E-state index in [1.807, 2.05) is 0 Å². The Hall–Kier alpha value is -0.160. The van der Waals surface area contributed by atoms with Crippen LogP contribution in [0.25, 0.3) is 0 Å². The maximum Gasteiger partial charge on any atom is 0.157 e. The summed E-state index contributed by atoms with van der Waals surface area (Å²) in [6, 6.07) is 0. The highest BCUT2D eigenvalue weighted by molar-refractivity contribution is 4.57. The monoisotopic (exact) mass is 290 g/mol. The van der Waals surface area contributed by atoms with Gasteiger partial charge in [-0.15, -0.1) is 0 Å². The van der Waals surface area contributed by atoms with Crippen molar-refractivity contribution in [3.8, 4) is 0 Å². The van der Waals surface area contributed by atoms with E-state index in [0.717, 1.165) is 45.5 Å². The van der Waals surface area contributed by atoms with Gasteiger partial charge in [0.05, 0.1) is 19.8 Å². The van der Waals surface area contributed by atoms with Crippen LogP contribution in [-0.2, 0) is 18.9 Å². The molecule has 3 unspecified atom stereocenters. The lowest BCUT2D eigenvalue weighted by Gasteiger charge is -2.22. The van der Waals surface area contributed by atoms with E-state index in [1.165, 1.54) is 0 Å². The molecule has 0 radical (unpaired) electrons. The highest BCUT2D eigenvalue weighted by Gasteiger charge is 2.13. The van der Waals surface area contributed by atoms with Crippen LogP contribution in [-0.4, -0.2) is 46.9 Å². The fourth-order valence-electron chi connectivity index (χ4n) is 2.05. The van der Waals surface area contributed by atoms with Gasteiger partial charge in [-0.3, -0.25) is 0 Å². The first-order valence-electron chi connectivity index (χ1n) is 7.92. The van der Waals surface area contributed by atoms with Gasteiger partial charge in [0.25, 0.3) is 0 Å². The Balaban J connectivity index is 3.85. The quantitative estimate of drug-likeness (QED) is 0.459. The minimum Gasteiger partial charge on any atom is -0.384 e. The van der Waals surface area contributed by atoms with Crippen LogP contribution >= 0.6 is 0 Å². The second-order valence-electron chi connectivity index (χ2n) is 5.29. The summed E-state index contributed by atoms with van der Waals surface area (Å²) in [4.78, 5) is 0. The molecule has 0 aliphatic carbocycles. The summed E-state index contributed by atoms with van der Waals surface area (Å²) in [5.41, 5.74) is 0. The average molecular weight is 290 g/mol. The highest BCUT2D eigenvalue weighted by Crippen LogP contribution is 2.12. The van der Waals surface area contributed by atoms with Gasteiger partial charge in [0, 0.05) is 26.7 Å². The summed E-state index contributed by atoms with van der Waals surface area (Å²) in [7, 11) is 3.49. The third kappa shape index (κ3) is 9.70. The van der Waals surface area contributed by atoms with Crippen LogP contribution in [0.1, 0.15) is 46.5 Å². The minimum absolute atomic E-state index is 0.0963. The van der Waals surface area contributed by atoms with Gasteiger partial charge in [0.2, 0.25) is 0 Å². The lowest BCUT2D eigenvalue weighted by Crippen LogP contribution is -2.24. The summed E-state index contributed by atoms with van der Waals surface area (Å²) in [5, 5.41) is 0. The molecule has 0 aliphatic heterocycles. The van der Waals surface area contributed by atoms with Crippen molar-refractivity contribution in [2.24, 2.45) is 11.8 Å². The first kappa shape index (κ1) is 19.8. The number of hydrogen-bond acceptors (Lipinski definition) is 4. The van der Waals surface area contributed by atoms with Crippen LogP contribution in [0.4, 0.5) is 0 Å². The van der Waals surface area contributed by atoms with E-state index in [2.05, 4.69) is 20.8 Å². The average Bonchev–Trinajstić information content (AvgIpc) is 2.48. The molecule has 4 heteroatoms. The Morgan fingerprint density at radius 1 is 0.700 bits per heavy atom. The first-order chi connectivity index (χ1) is 9.71. The molecule has 0 rings (SSSR count). The SMILES string of the molecule is CCC(CCOC(CC)OCC(CC)COC)COC. The Kier molecular flexibility index (Phi) is 13.7. The van der Waals surface area contributed by atoms with E-state index in [0.29, 0.717) is 18.4 Å². The third-order valence-corrected chi connectivity index (χ3v) is 3.64. The molecule has 0 fully saturated rings. The molecule has 0 aromatic heterocycles. The first-order valence-corrected chi connectivity index (χ1v) is 7.92. The zero-order chi connectivity index (χ0) is 15.2. The molecular weight excluding hydrogens is 256 g/mol. The van der Waals surface area contributed by atoms with Gasteiger partial charge in [0.1, 0.15) is 0 Å². The molecule has 0 spiro atoms. The number of methoxy groups -OCH3 is 2. The second-order valence-corrected chi connectivity index (χ2v) is 5.29. The summed E-state index contributed by atoms with van der Waals surface area (Å²) in [6.45, 7) is 9.44. The number of rotatable bonds is 14. The van der Waals surface area contributed by atoms with Crippen molar-refractivity contribution in [1.29, 1.82) is 0 Å². The molecule has 0 N–H and O–H groups in total. The molecule has 3 atom stereocenters. The third-order valence-electron chi connectivity index (χ3n) is 3.64. The Labute approximate surface area is 125 Å². The molecule has 0 heterocycles. The fraction of sp³-hybridized carbons (Fsp3) is 1.00. The number of hydrogen-bond donors (Lipinski definition) is 0. The van der Waals surface area contributed by atoms with Crippen molar-refractivity contribution in [2.45, 2.75) is 52.7 Å². The zero-order valence-electron chi connectivity index (χ0n) is 14.0. The van der Waals surface area contributed by atoms with Crippen molar-refractivity contribution in [2.75, 3.05) is 40.6 Å². The van der Waals surface area contributed by atoms with Crippen LogP contribution in [0.2, 0.25) is 0 Å². The highest BCUT2D eigenvalue weighted by atomic mass is 16.7. The molecule has 0 saturated heterocycles. The predicted molar refractivity (Wildman–Crippen MR) is 81.9 cm³/mol. The van der Waals surface area contributed by atoms with Gasteiger partial charge < -0.3 is 18.9 Å². The molecule has 122 valence electrons. The topological polar surface area (TPSA) is 36.9 Å². The molecular formula is C16H34O4. The Morgan fingerprint density at radius 2 is 1.30 bits per heavy atom. The van der Waals surface area contributed by atoms with Gasteiger partial charge in [-0.25, -0.2) is 0 Å². The lowest BCUT2D eigenvalue weighted by molar-refractivity contribution is -0.156. The van der Waals surface area contributed by atoms with Crippen LogP contribution in [0, 0.1) is 11.8 Å². The van der Waals surface area contributed by atoms with Crippen LogP contribution < -0.4 is 0 Å². The van der Waals surface area contributed by atoms with Crippen LogP contribution in [0.15, 0.2) is 0 Å². The molecule has 0 aromatic rings. The molecule has 20 heavy (non-hydrogen) atoms. The molecule has 0 aromatic carbocycles. The summed E-state index contributed by atoms with van der Waals surface area (Å²) < 4.78 is 22.0. The molecule has 0 aliphatic rings. The van der Waals surface area contributed by atoms with Gasteiger partial charge >= 0.3 is 0 Å². The van der Waals surface area contributed by atoms with E-state index in [1.54, 1.807) is 14.2 Å². The molecule has 0 bridgehead atoms. The Morgan fingerprint density at radius 3 is 1.80 bits per heavy atom. The van der Waals surface area contributed by atoms with Crippen molar-refractivity contribution in [1.82, 2.24) is 0 Å². The maximum atomic E-state index is 5.84. The van der Waals surface area contributed by atoms with Crippen LogP contribution in [0.5, 0.6) is 0 Å². The second kappa shape index (κ2) is 13.8. The normalized spacial score (nSPS) is 16.1. The van der Waals surface area contributed by atoms with E-state index in [-0.39, 0.29) is 6.29 Å². The standard InChI is InChI=1S/C16H34O4/c1-6-14(11-17-4)9-10-19-16(8-3)20-13-15(7-2)12-18-5/h14-16H,6-13H2,1-5H3. The van der Waals surface area contributed by atoms with E-state index in [9.17, 15) is 0 Å². The van der Waals surface area contributed by atoms with Crippen molar-refractivity contribution in [3.05, 3.63) is 0 Å². The zero-order valence-corrected chi connectivity index (χ0v) is 14.0. The number of ether oxygens (including phenoxy) is 4. The van der Waals surface area contributed by atoms with Gasteiger partial charge in [0.15, 0.2) is 6.29 Å². The molecule has 0 saturated carbocycles. The summed E-state index contributed by atoms with van der Waals surface area (Å²) >= 11 is 0. The van der Waals surface area contributed by atoms with Crippen LogP contribution in [0.3, 0.4) is 0 Å². The van der Waals surface area contributed by atoms with E-state index < -0.39 is 0 Å². The predicted octanol–water partition coefficient (Wildman–Crippen LogP) is 3.49. The molecule has 0 amide bonds. The summed E-state index contributed by atoms with van der Waals surface area (Å²) in [6.07, 6.45) is 4.00. The fourth-order valence-corrected chi connectivity index (χ4v) is 2.05.